The van der Waals surface area contributed by atoms with Crippen LogP contribution in [0.5, 0.6) is 0 Å². The minimum absolute atomic E-state index is 0.0591. The molecule has 0 saturated heterocycles. The fourth-order valence-corrected chi connectivity index (χ4v) is 8.95. The number of allylic oxidation sites excluding steroid dienone is 2. The topological polar surface area (TPSA) is 152 Å². The van der Waals surface area contributed by atoms with E-state index in [4.69, 9.17) is 0 Å². The Hall–Kier alpha value is -1.87. The SMILES string of the molecule is C/C(=C\C(=O)C(O)C(C)C(=O)O)[C@H]1C[C@H](O)[C@@]2(C)C3=C(C(=O)C[C@]12C)[C@@]1(C)CC[C@H](O)C(C)(C)C1C[C@@H]3O. The Labute approximate surface area is 224 Å². The van der Waals surface area contributed by atoms with Gasteiger partial charge >= 0.3 is 5.97 Å². The summed E-state index contributed by atoms with van der Waals surface area (Å²) < 4.78 is 0. The highest BCUT2D eigenvalue weighted by molar-refractivity contribution is 6.00. The molecular formula is C30H44O8. The Balaban J connectivity index is 1.80. The molecule has 2 saturated carbocycles. The van der Waals surface area contributed by atoms with Crippen LogP contribution in [0.25, 0.3) is 0 Å². The molecule has 10 atom stereocenters. The Morgan fingerprint density at radius 1 is 1.03 bits per heavy atom. The Morgan fingerprint density at radius 3 is 2.21 bits per heavy atom. The number of carbonyl (C=O) groups is 3. The van der Waals surface area contributed by atoms with Gasteiger partial charge in [0, 0.05) is 17.4 Å². The molecule has 3 unspecified atom stereocenters. The molecule has 4 aliphatic carbocycles. The first-order valence-electron chi connectivity index (χ1n) is 13.8. The Bertz CT molecular complexity index is 1120. The highest BCUT2D eigenvalue weighted by Gasteiger charge is 2.69. The maximum absolute atomic E-state index is 14.1. The van der Waals surface area contributed by atoms with Crippen molar-refractivity contribution in [1.29, 1.82) is 0 Å². The number of carboxylic acid groups (broad SMARTS) is 1. The number of aliphatic hydroxyl groups is 4. The van der Waals surface area contributed by atoms with Crippen LogP contribution in [0.4, 0.5) is 0 Å². The molecule has 0 heterocycles. The van der Waals surface area contributed by atoms with Crippen LogP contribution in [-0.4, -0.2) is 67.5 Å². The third kappa shape index (κ3) is 3.74. The monoisotopic (exact) mass is 532 g/mol. The summed E-state index contributed by atoms with van der Waals surface area (Å²) in [5, 5.41) is 53.4. The maximum Gasteiger partial charge on any atom is 0.309 e. The maximum atomic E-state index is 14.1. The predicted molar refractivity (Wildman–Crippen MR) is 140 cm³/mol. The van der Waals surface area contributed by atoms with Crippen molar-refractivity contribution in [2.45, 2.75) is 105 Å². The van der Waals surface area contributed by atoms with Gasteiger partial charge in [-0.05, 0) is 79.3 Å². The fourth-order valence-electron chi connectivity index (χ4n) is 8.95. The van der Waals surface area contributed by atoms with E-state index in [1.54, 1.807) is 6.92 Å². The zero-order valence-corrected chi connectivity index (χ0v) is 23.6. The second-order valence-electron chi connectivity index (χ2n) is 13.8. The molecule has 0 bridgehead atoms. The van der Waals surface area contributed by atoms with Crippen LogP contribution in [0.3, 0.4) is 0 Å². The molecule has 4 aliphatic rings. The molecular weight excluding hydrogens is 488 g/mol. The van der Waals surface area contributed by atoms with Gasteiger partial charge < -0.3 is 25.5 Å². The quantitative estimate of drug-likeness (QED) is 0.339. The van der Waals surface area contributed by atoms with E-state index in [1.165, 1.54) is 13.0 Å². The molecule has 4 rings (SSSR count). The van der Waals surface area contributed by atoms with Gasteiger partial charge in [-0.15, -0.1) is 0 Å². The van der Waals surface area contributed by atoms with Gasteiger partial charge in [-0.3, -0.25) is 14.4 Å². The lowest BCUT2D eigenvalue weighted by atomic mass is 9.42. The lowest BCUT2D eigenvalue weighted by Gasteiger charge is -2.62. The number of hydrogen-bond acceptors (Lipinski definition) is 7. The first kappa shape index (κ1) is 29.1. The predicted octanol–water partition coefficient (Wildman–Crippen LogP) is 2.81. The van der Waals surface area contributed by atoms with Crippen molar-refractivity contribution < 1.29 is 39.9 Å². The first-order valence-corrected chi connectivity index (χ1v) is 13.8. The van der Waals surface area contributed by atoms with Crippen LogP contribution in [0, 0.1) is 39.4 Å². The Kier molecular flexibility index (Phi) is 6.96. The van der Waals surface area contributed by atoms with Gasteiger partial charge in [-0.1, -0.05) is 40.2 Å². The van der Waals surface area contributed by atoms with Crippen molar-refractivity contribution in [2.24, 2.45) is 39.4 Å². The van der Waals surface area contributed by atoms with Crippen molar-refractivity contribution in [3.05, 3.63) is 22.8 Å². The number of hydrogen-bond donors (Lipinski definition) is 5. The molecule has 8 heteroatoms. The van der Waals surface area contributed by atoms with Crippen molar-refractivity contribution in [3.8, 4) is 0 Å². The summed E-state index contributed by atoms with van der Waals surface area (Å²) in [5.41, 5.74) is -0.960. The van der Waals surface area contributed by atoms with Crippen molar-refractivity contribution in [1.82, 2.24) is 0 Å². The zero-order valence-electron chi connectivity index (χ0n) is 23.6. The number of carboxylic acids is 1. The van der Waals surface area contributed by atoms with E-state index in [9.17, 15) is 39.9 Å². The van der Waals surface area contributed by atoms with Crippen molar-refractivity contribution in [3.63, 3.8) is 0 Å². The largest absolute Gasteiger partial charge is 0.481 e. The molecule has 0 amide bonds. The van der Waals surface area contributed by atoms with E-state index in [0.717, 1.165) is 0 Å². The van der Waals surface area contributed by atoms with Crippen molar-refractivity contribution in [2.75, 3.05) is 0 Å². The van der Waals surface area contributed by atoms with E-state index in [1.807, 2.05) is 27.7 Å². The van der Waals surface area contributed by atoms with E-state index in [-0.39, 0.29) is 30.5 Å². The summed E-state index contributed by atoms with van der Waals surface area (Å²) in [4.78, 5) is 38.1. The average molecular weight is 533 g/mol. The van der Waals surface area contributed by atoms with Gasteiger partial charge in [0.25, 0.3) is 0 Å². The standard InChI is InChI=1S/C30H44O8/c1-14(10-18(32)25(36)15(2)26(37)38)16-11-22(35)30(7)24-17(31)12-20-27(3,4)21(34)8-9-28(20,5)23(24)19(33)13-29(16,30)6/h10,15-17,20-22,25,31,34-36H,8-9,11-13H2,1-7H3,(H,37,38)/b14-10+/t15?,16-,17+,20?,21+,22+,25?,28+,29-,30+/m1/s1. The summed E-state index contributed by atoms with van der Waals surface area (Å²) >= 11 is 0. The van der Waals surface area contributed by atoms with Gasteiger partial charge in [0.2, 0.25) is 0 Å². The molecule has 0 aromatic heterocycles. The highest BCUT2D eigenvalue weighted by atomic mass is 16.4. The van der Waals surface area contributed by atoms with E-state index in [2.05, 4.69) is 6.92 Å². The highest BCUT2D eigenvalue weighted by Crippen LogP contribution is 2.71. The van der Waals surface area contributed by atoms with Gasteiger partial charge in [0.15, 0.2) is 11.6 Å². The molecule has 212 valence electrons. The van der Waals surface area contributed by atoms with E-state index in [0.29, 0.717) is 36.0 Å². The molecule has 0 aromatic carbocycles. The van der Waals surface area contributed by atoms with Gasteiger partial charge in [0.1, 0.15) is 6.10 Å². The number of ketones is 2. The lowest BCUT2D eigenvalue weighted by molar-refractivity contribution is -0.148. The van der Waals surface area contributed by atoms with Crippen LogP contribution in [0.15, 0.2) is 22.8 Å². The van der Waals surface area contributed by atoms with Crippen LogP contribution < -0.4 is 0 Å². The van der Waals surface area contributed by atoms with Crippen LogP contribution in [-0.2, 0) is 14.4 Å². The van der Waals surface area contributed by atoms with Crippen molar-refractivity contribution >= 4 is 17.5 Å². The second-order valence-corrected chi connectivity index (χ2v) is 13.8. The zero-order chi connectivity index (χ0) is 28.7. The van der Waals surface area contributed by atoms with E-state index >= 15 is 0 Å². The molecule has 0 aliphatic heterocycles. The van der Waals surface area contributed by atoms with Gasteiger partial charge in [-0.25, -0.2) is 0 Å². The van der Waals surface area contributed by atoms with Gasteiger partial charge in [-0.2, -0.15) is 0 Å². The van der Waals surface area contributed by atoms with Crippen LogP contribution in [0.2, 0.25) is 0 Å². The number of aliphatic hydroxyl groups excluding tert-OH is 4. The molecule has 0 radical (unpaired) electrons. The third-order valence-electron chi connectivity index (χ3n) is 11.6. The van der Waals surface area contributed by atoms with Crippen LogP contribution >= 0.6 is 0 Å². The summed E-state index contributed by atoms with van der Waals surface area (Å²) in [5.74, 6) is -3.82. The molecule has 0 spiro atoms. The number of carbonyl (C=O) groups excluding carboxylic acids is 2. The smallest absolute Gasteiger partial charge is 0.309 e. The lowest BCUT2D eigenvalue weighted by Crippen LogP contribution is -2.60. The summed E-state index contributed by atoms with van der Waals surface area (Å²) in [6, 6.07) is 0. The third-order valence-corrected chi connectivity index (χ3v) is 11.6. The molecule has 38 heavy (non-hydrogen) atoms. The normalized spacial score (nSPS) is 44.1. The molecule has 5 N–H and O–H groups in total. The van der Waals surface area contributed by atoms with Crippen LogP contribution in [0.1, 0.15) is 80.6 Å². The number of Topliss-reactive ketones (excluding diaryl/α,β-unsaturated/α-hetero) is 1. The summed E-state index contributed by atoms with van der Waals surface area (Å²) in [6.45, 7) is 12.9. The minimum atomic E-state index is -1.70. The molecule has 0 aromatic rings. The molecule has 2 fully saturated rings. The second kappa shape index (κ2) is 9.08. The first-order chi connectivity index (χ1) is 17.4. The van der Waals surface area contributed by atoms with E-state index < -0.39 is 63.7 Å². The average Bonchev–Trinajstić information content (AvgIpc) is 3.03. The number of fused-ring (bicyclic) bond motifs is 4. The minimum Gasteiger partial charge on any atom is -0.481 e. The number of aliphatic carboxylic acids is 1. The number of rotatable bonds is 5. The summed E-state index contributed by atoms with van der Waals surface area (Å²) in [7, 11) is 0. The Morgan fingerprint density at radius 2 is 1.63 bits per heavy atom. The fraction of sp³-hybridized carbons (Fsp3) is 0.767. The van der Waals surface area contributed by atoms with Gasteiger partial charge in [0.05, 0.1) is 24.2 Å². The molecule has 8 nitrogen and oxygen atoms in total. The summed E-state index contributed by atoms with van der Waals surface area (Å²) in [6.07, 6.45) is -0.816.